The fourth-order valence-electron chi connectivity index (χ4n) is 0.706. The maximum Gasteiger partial charge on any atom is 0.263 e. The molecule has 0 saturated heterocycles. The van der Waals surface area contributed by atoms with Gasteiger partial charge in [-0.3, -0.25) is 4.79 Å². The van der Waals surface area contributed by atoms with Crippen molar-refractivity contribution in [2.75, 3.05) is 7.11 Å². The van der Waals surface area contributed by atoms with Crippen LogP contribution < -0.4 is 0 Å². The van der Waals surface area contributed by atoms with Gasteiger partial charge in [-0.15, -0.1) is 0 Å². The average Bonchev–Trinajstić information content (AvgIpc) is 2.20. The van der Waals surface area contributed by atoms with E-state index in [2.05, 4.69) is 0 Å². The number of hydrogen-bond acceptors (Lipinski definition) is 3. The van der Waals surface area contributed by atoms with Crippen molar-refractivity contribution in [3.8, 4) is 6.07 Å². The van der Waals surface area contributed by atoms with Gasteiger partial charge in [-0.05, 0) is 12.1 Å². The van der Waals surface area contributed by atoms with Crippen LogP contribution in [0.5, 0.6) is 0 Å². The van der Waals surface area contributed by atoms with Crippen molar-refractivity contribution in [2.45, 2.75) is 0 Å². The van der Waals surface area contributed by atoms with E-state index in [-0.39, 0.29) is 5.56 Å². The third kappa shape index (κ3) is 3.24. The maximum absolute atomic E-state index is 10.8. The number of carbonyl (C=O) groups excluding carboxylic acids is 1. The number of nitrogens with zero attached hydrogens (tertiary/aromatic N) is 1. The molecule has 0 atom stereocenters. The predicted molar refractivity (Wildman–Crippen MR) is 49.5 cm³/mol. The smallest absolute Gasteiger partial charge is 0.263 e. The molecule has 0 aliphatic heterocycles. The zero-order valence-corrected chi connectivity index (χ0v) is 7.75. The van der Waals surface area contributed by atoms with E-state index < -0.39 is 5.78 Å². The molecule has 0 amide bonds. The summed E-state index contributed by atoms with van der Waals surface area (Å²) in [5.41, 5.74) is 0.261. The van der Waals surface area contributed by atoms with Crippen molar-refractivity contribution in [3.05, 3.63) is 34.9 Å². The standard InChI is InChI=1S/C8H4ClNO.CH4O/c9-7-4-2-1-3-6(7)8(11)5-10;1-2/h1-4H;2H,1H3. The Hall–Kier alpha value is -1.37. The summed E-state index contributed by atoms with van der Waals surface area (Å²) in [6.45, 7) is 0. The number of aliphatic hydroxyl groups is 1. The van der Waals surface area contributed by atoms with Crippen LogP contribution in [-0.4, -0.2) is 18.0 Å². The first-order valence-corrected chi connectivity index (χ1v) is 3.77. The molecule has 4 heteroatoms. The van der Waals surface area contributed by atoms with Crippen LogP contribution in [0.1, 0.15) is 10.4 Å². The normalized spacial score (nSPS) is 7.85. The van der Waals surface area contributed by atoms with E-state index in [4.69, 9.17) is 22.0 Å². The SMILES string of the molecule is CO.N#CC(=O)c1ccccc1Cl. The van der Waals surface area contributed by atoms with E-state index in [9.17, 15) is 4.79 Å². The highest BCUT2D eigenvalue weighted by Crippen LogP contribution is 2.14. The van der Waals surface area contributed by atoms with Gasteiger partial charge in [0.2, 0.25) is 0 Å². The van der Waals surface area contributed by atoms with Gasteiger partial charge in [-0.2, -0.15) is 5.26 Å². The minimum Gasteiger partial charge on any atom is -0.400 e. The molecule has 13 heavy (non-hydrogen) atoms. The highest BCUT2D eigenvalue weighted by molar-refractivity contribution is 6.34. The number of hydrogen-bond donors (Lipinski definition) is 1. The van der Waals surface area contributed by atoms with Crippen LogP contribution >= 0.6 is 11.6 Å². The number of nitriles is 1. The molecule has 0 aliphatic rings. The zero-order chi connectivity index (χ0) is 10.3. The molecule has 0 unspecified atom stereocenters. The van der Waals surface area contributed by atoms with E-state index in [1.54, 1.807) is 18.2 Å². The van der Waals surface area contributed by atoms with Crippen molar-refractivity contribution in [2.24, 2.45) is 0 Å². The molecule has 0 spiro atoms. The number of halogens is 1. The topological polar surface area (TPSA) is 61.1 Å². The number of ketones is 1. The fourth-order valence-corrected chi connectivity index (χ4v) is 0.927. The highest BCUT2D eigenvalue weighted by atomic mass is 35.5. The van der Waals surface area contributed by atoms with Crippen LogP contribution in [0.4, 0.5) is 0 Å². The molecule has 1 N–H and O–H groups in total. The minimum atomic E-state index is -0.601. The molecular weight excluding hydrogens is 190 g/mol. The van der Waals surface area contributed by atoms with Gasteiger partial charge >= 0.3 is 0 Å². The van der Waals surface area contributed by atoms with Crippen LogP contribution in [-0.2, 0) is 0 Å². The Morgan fingerprint density at radius 3 is 2.46 bits per heavy atom. The third-order valence-corrected chi connectivity index (χ3v) is 1.55. The summed E-state index contributed by atoms with van der Waals surface area (Å²) in [5, 5.41) is 15.6. The van der Waals surface area contributed by atoms with E-state index in [0.29, 0.717) is 5.02 Å². The fraction of sp³-hybridized carbons (Fsp3) is 0.111. The molecule has 1 aromatic carbocycles. The molecule has 1 aromatic rings. The molecule has 0 fully saturated rings. The van der Waals surface area contributed by atoms with Crippen LogP contribution in [0.2, 0.25) is 5.02 Å². The Balaban J connectivity index is 0.000000671. The maximum atomic E-state index is 10.8. The Kier molecular flexibility index (Phi) is 5.53. The van der Waals surface area contributed by atoms with Crippen molar-refractivity contribution >= 4 is 17.4 Å². The van der Waals surface area contributed by atoms with E-state index in [1.807, 2.05) is 0 Å². The largest absolute Gasteiger partial charge is 0.400 e. The second-order valence-corrected chi connectivity index (χ2v) is 2.33. The lowest BCUT2D eigenvalue weighted by molar-refractivity contribution is 0.105. The number of Topliss-reactive ketones (excluding diaryl/α,β-unsaturated/α-hetero) is 1. The Morgan fingerprint density at radius 1 is 1.46 bits per heavy atom. The van der Waals surface area contributed by atoms with Crippen LogP contribution in [0.15, 0.2) is 24.3 Å². The summed E-state index contributed by atoms with van der Waals surface area (Å²) in [5.74, 6) is -0.601. The predicted octanol–water partition coefficient (Wildman–Crippen LogP) is 1.65. The second kappa shape index (κ2) is 6.18. The Morgan fingerprint density at radius 2 is 2.00 bits per heavy atom. The van der Waals surface area contributed by atoms with E-state index >= 15 is 0 Å². The second-order valence-electron chi connectivity index (χ2n) is 1.92. The summed E-state index contributed by atoms with van der Waals surface area (Å²) in [6.07, 6.45) is 0. The van der Waals surface area contributed by atoms with E-state index in [0.717, 1.165) is 7.11 Å². The van der Waals surface area contributed by atoms with Crippen molar-refractivity contribution in [1.29, 1.82) is 5.26 Å². The van der Waals surface area contributed by atoms with Gasteiger partial charge in [0.25, 0.3) is 5.78 Å². The molecular formula is C9H8ClNO2. The first-order valence-electron chi connectivity index (χ1n) is 3.39. The van der Waals surface area contributed by atoms with E-state index in [1.165, 1.54) is 12.1 Å². The molecule has 0 heterocycles. The first-order chi connectivity index (χ1) is 6.25. The van der Waals surface area contributed by atoms with Gasteiger partial charge in [-0.25, -0.2) is 0 Å². The summed E-state index contributed by atoms with van der Waals surface area (Å²) >= 11 is 5.63. The Labute approximate surface area is 81.2 Å². The number of carbonyl (C=O) groups is 1. The lowest BCUT2D eigenvalue weighted by Crippen LogP contribution is -1.94. The van der Waals surface area contributed by atoms with Crippen molar-refractivity contribution in [1.82, 2.24) is 0 Å². The van der Waals surface area contributed by atoms with Gasteiger partial charge in [0.15, 0.2) is 0 Å². The lowest BCUT2D eigenvalue weighted by Gasteiger charge is -1.93. The molecule has 0 radical (unpaired) electrons. The third-order valence-electron chi connectivity index (χ3n) is 1.22. The first kappa shape index (κ1) is 11.6. The molecule has 0 aliphatic carbocycles. The van der Waals surface area contributed by atoms with Gasteiger partial charge in [-0.1, -0.05) is 23.7 Å². The highest BCUT2D eigenvalue weighted by Gasteiger charge is 2.06. The molecule has 3 nitrogen and oxygen atoms in total. The molecule has 68 valence electrons. The average molecular weight is 198 g/mol. The minimum absolute atomic E-state index is 0.261. The molecule has 0 bridgehead atoms. The van der Waals surface area contributed by atoms with Crippen LogP contribution in [0, 0.1) is 11.3 Å². The van der Waals surface area contributed by atoms with Gasteiger partial charge < -0.3 is 5.11 Å². The summed E-state index contributed by atoms with van der Waals surface area (Å²) < 4.78 is 0. The monoisotopic (exact) mass is 197 g/mol. The quantitative estimate of drug-likeness (QED) is 0.550. The number of rotatable bonds is 1. The van der Waals surface area contributed by atoms with Crippen LogP contribution in [0.3, 0.4) is 0 Å². The molecule has 0 aromatic heterocycles. The van der Waals surface area contributed by atoms with Crippen molar-refractivity contribution in [3.63, 3.8) is 0 Å². The summed E-state index contributed by atoms with van der Waals surface area (Å²) in [4.78, 5) is 10.8. The van der Waals surface area contributed by atoms with Gasteiger partial charge in [0, 0.05) is 7.11 Å². The number of aliphatic hydroxyl groups excluding tert-OH is 1. The molecule has 0 saturated carbocycles. The summed E-state index contributed by atoms with van der Waals surface area (Å²) in [6, 6.07) is 7.96. The van der Waals surface area contributed by atoms with Gasteiger partial charge in [0.05, 0.1) is 10.6 Å². The van der Waals surface area contributed by atoms with Crippen molar-refractivity contribution < 1.29 is 9.90 Å². The lowest BCUT2D eigenvalue weighted by atomic mass is 10.1. The summed E-state index contributed by atoms with van der Waals surface area (Å²) in [7, 11) is 1.00. The van der Waals surface area contributed by atoms with Gasteiger partial charge in [0.1, 0.15) is 6.07 Å². The molecule has 1 rings (SSSR count). The van der Waals surface area contributed by atoms with Crippen LogP contribution in [0.25, 0.3) is 0 Å². The zero-order valence-electron chi connectivity index (χ0n) is 6.99. The Bertz CT molecular complexity index is 331. The number of benzene rings is 1.